The Balaban J connectivity index is 0.000000146. The molecule has 0 radical (unpaired) electrons. The predicted molar refractivity (Wildman–Crippen MR) is 503 cm³/mol. The molecule has 0 unspecified atom stereocenters. The summed E-state index contributed by atoms with van der Waals surface area (Å²) in [6, 6.07) is 37.3. The number of carbonyl (C=O) groups excluding carboxylic acids is 4. The number of hydrogen-bond donors (Lipinski definition) is 8. The van der Waals surface area contributed by atoms with E-state index in [4.69, 9.17) is 77.0 Å². The summed E-state index contributed by atoms with van der Waals surface area (Å²) in [4.78, 5) is 67.9. The summed E-state index contributed by atoms with van der Waals surface area (Å²) < 4.78 is 78.8. The quantitative estimate of drug-likeness (QED) is 0.0200. The molecule has 7 aliphatic heterocycles. The van der Waals surface area contributed by atoms with Gasteiger partial charge in [-0.05, 0) is 242 Å². The third-order valence-corrected chi connectivity index (χ3v) is 28.7. The third-order valence-electron chi connectivity index (χ3n) is 25.3. The average Bonchev–Trinajstić information content (AvgIpc) is 1.45. The average molecular weight is 1860 g/mol. The maximum Gasteiger partial charge on any atom is 0.214 e. The summed E-state index contributed by atoms with van der Waals surface area (Å²) in [5.41, 5.74) is 9.84. The molecule has 0 amide bonds. The number of sulfonamides is 1. The lowest BCUT2D eigenvalue weighted by molar-refractivity contribution is -0.131. The first-order chi connectivity index (χ1) is 61.4. The van der Waals surface area contributed by atoms with Gasteiger partial charge in [-0.1, -0.05) is 94.4 Å². The molecule has 1 aliphatic carbocycles. The first-order valence-electron chi connectivity index (χ1n) is 45.0. The van der Waals surface area contributed by atoms with Crippen LogP contribution in [0.15, 0.2) is 140 Å². The topological polar surface area (TPSA) is 287 Å². The summed E-state index contributed by atoms with van der Waals surface area (Å²) in [6.45, 7) is 16.8. The zero-order valence-corrected chi connectivity index (χ0v) is 77.1. The number of benzene rings is 4. The Morgan fingerprint density at radius 2 is 0.772 bits per heavy atom. The van der Waals surface area contributed by atoms with E-state index in [-0.39, 0.29) is 74.6 Å². The van der Waals surface area contributed by atoms with Crippen molar-refractivity contribution in [3.05, 3.63) is 188 Å². The van der Waals surface area contributed by atoms with Crippen molar-refractivity contribution in [2.75, 3.05) is 140 Å². The number of Topliss-reactive ketones (excluding diaryl/α,β-unsaturated/α-hetero) is 4. The molecule has 682 valence electrons. The van der Waals surface area contributed by atoms with Gasteiger partial charge in [-0.15, -0.1) is 0 Å². The normalized spacial score (nSPS) is 20.9. The van der Waals surface area contributed by atoms with Gasteiger partial charge in [0, 0.05) is 239 Å². The molecule has 127 heavy (non-hydrogen) atoms. The predicted octanol–water partition coefficient (Wildman–Crippen LogP) is 18.0. The molecule has 22 nitrogen and oxygen atoms in total. The molecule has 30 heteroatoms. The summed E-state index contributed by atoms with van der Waals surface area (Å²) >= 11 is 32.4. The number of hydrogen-bond acceptors (Lipinski definition) is 21. The molecule has 0 bridgehead atoms. The lowest BCUT2D eigenvalue weighted by Crippen LogP contribution is -2.48. The van der Waals surface area contributed by atoms with Crippen molar-refractivity contribution in [3.8, 4) is 44.5 Å². The number of halogens is 7. The Morgan fingerprint density at radius 1 is 0.425 bits per heavy atom. The van der Waals surface area contributed by atoms with Crippen molar-refractivity contribution >= 4 is 114 Å². The van der Waals surface area contributed by atoms with Crippen LogP contribution in [0.4, 0.5) is 31.5 Å². The molecular formula is C97H119Cl5F2N12O10S. The van der Waals surface area contributed by atoms with E-state index >= 15 is 0 Å². The van der Waals surface area contributed by atoms with Crippen LogP contribution in [0.2, 0.25) is 25.1 Å². The molecule has 16 rings (SSSR count). The van der Waals surface area contributed by atoms with Crippen molar-refractivity contribution in [2.24, 2.45) is 35.5 Å². The highest BCUT2D eigenvalue weighted by molar-refractivity contribution is 7.90. The van der Waals surface area contributed by atoms with E-state index < -0.39 is 38.2 Å². The van der Waals surface area contributed by atoms with Crippen LogP contribution >= 0.6 is 58.0 Å². The minimum absolute atomic E-state index is 0.0377. The molecule has 8 fully saturated rings. The molecule has 1 saturated carbocycles. The molecule has 4 aromatic heterocycles. The molecule has 7 saturated heterocycles. The molecule has 8 aromatic rings. The van der Waals surface area contributed by atoms with Crippen LogP contribution in [0.1, 0.15) is 133 Å². The smallest absolute Gasteiger partial charge is 0.214 e. The fourth-order valence-electron chi connectivity index (χ4n) is 17.0. The van der Waals surface area contributed by atoms with Gasteiger partial charge < -0.3 is 56.2 Å². The van der Waals surface area contributed by atoms with Gasteiger partial charge in [-0.2, -0.15) is 0 Å². The number of pyridine rings is 4. The Kier molecular flexibility index (Phi) is 36.1. The highest BCUT2D eigenvalue weighted by Crippen LogP contribution is 2.40. The number of rotatable bonds is 31. The number of nitrogens with zero attached hydrogens (tertiary/aromatic N) is 4. The summed E-state index contributed by atoms with van der Waals surface area (Å²) in [6.07, 6.45) is 19.1. The zero-order chi connectivity index (χ0) is 89.3. The van der Waals surface area contributed by atoms with Gasteiger partial charge in [0.2, 0.25) is 10.0 Å². The first-order valence-corrected chi connectivity index (χ1v) is 48.4. The lowest BCUT2D eigenvalue weighted by Gasteiger charge is -2.28. The SMILES string of the molecule is CC(C)S(=O)(=O)N[C@@H]1CC[C@H](C(=O)Cc2cc(-c3cc(NCC4CCOCC4)ccc3Cl)c(Cl)cn2)C1.O=C(Cc1cc(-c2cccc(NCC3CCOCC3)c2)c(Cl)cn1)C1CNC1.O=C(Cc1cc(-c2cccc(NCC3CCOCC3)c2)c(Cl)cn1)[C@@]1(F)CCCNC1.O=C(Cc1cc(-c2cccc(NCC3CCOCC3)c2)c(Cl)cn1)[C@]1(F)CCCNC1. The van der Waals surface area contributed by atoms with E-state index in [1.807, 2.05) is 91.0 Å². The van der Waals surface area contributed by atoms with Crippen molar-refractivity contribution in [3.63, 3.8) is 0 Å². The molecule has 8 N–H and O–H groups in total. The fourth-order valence-corrected chi connectivity index (χ4v) is 19.1. The monoisotopic (exact) mass is 1860 g/mol. The summed E-state index contributed by atoms with van der Waals surface area (Å²) in [7, 11) is -3.36. The Labute approximate surface area is 770 Å². The van der Waals surface area contributed by atoms with Gasteiger partial charge in [0.05, 0.1) is 38.2 Å². The number of piperidine rings is 2. The van der Waals surface area contributed by atoms with E-state index in [9.17, 15) is 36.4 Å². The minimum Gasteiger partial charge on any atom is -0.385 e. The van der Waals surface area contributed by atoms with Crippen molar-refractivity contribution in [1.29, 1.82) is 0 Å². The standard InChI is InChI=1S/C27H35Cl2N3O4S.2C24H29ClFN3O2.C22H26ClN3O2/c1-17(2)37(34,35)32-21-4-3-19(11-21)27(33)14-22-13-24(26(29)16-31-22)23-12-20(5-6-25(23)28)30-15-18-7-9-36-10-8-18;2*25-22-15-29-20(13-23(30)24(26)7-2-8-27-16-24)12-21(22)18-3-1-4-19(11-18)28-14-17-5-9-31-10-6-17;23-21-14-26-19(10-22(27)17-12-24-13-17)9-20(21)16-2-1-3-18(8-16)25-11-15-4-6-28-7-5-15/h5-6,12-13,16-19,21,30,32H,3-4,7-11,14-15H2,1-2H3;2*1,3-4,11-12,15,17,27-28H,2,5-10,13-14,16H2;1-3,8-9,14-15,17,24-25H,4-7,10-13H2/t19-,21+;2*24-;/m010./s1. The van der Waals surface area contributed by atoms with Crippen LogP contribution in [-0.4, -0.2) is 192 Å². The van der Waals surface area contributed by atoms with E-state index in [1.54, 1.807) is 50.8 Å². The van der Waals surface area contributed by atoms with Crippen molar-refractivity contribution in [1.82, 2.24) is 40.6 Å². The van der Waals surface area contributed by atoms with E-state index in [0.717, 1.165) is 230 Å². The largest absolute Gasteiger partial charge is 0.385 e. The van der Waals surface area contributed by atoms with E-state index in [2.05, 4.69) is 74.0 Å². The van der Waals surface area contributed by atoms with Crippen molar-refractivity contribution in [2.45, 2.75) is 158 Å². The molecular weight excluding hydrogens is 1740 g/mol. The third kappa shape index (κ3) is 28.4. The van der Waals surface area contributed by atoms with Gasteiger partial charge in [0.25, 0.3) is 0 Å². The highest BCUT2D eigenvalue weighted by Gasteiger charge is 2.41. The fraction of sp³-hybridized carbons (Fsp3) is 0.505. The molecule has 11 heterocycles. The number of aromatic nitrogens is 4. The van der Waals surface area contributed by atoms with Crippen LogP contribution in [0.5, 0.6) is 0 Å². The second-order valence-corrected chi connectivity index (χ2v) is 39.4. The van der Waals surface area contributed by atoms with Gasteiger partial charge in [-0.3, -0.25) is 39.1 Å². The van der Waals surface area contributed by atoms with Gasteiger partial charge >= 0.3 is 0 Å². The van der Waals surface area contributed by atoms with E-state index in [0.29, 0.717) is 104 Å². The molecule has 0 spiro atoms. The first kappa shape index (κ1) is 96.8. The number of ether oxygens (including phenoxy) is 4. The Morgan fingerprint density at radius 3 is 1.13 bits per heavy atom. The number of nitrogens with one attached hydrogen (secondary N) is 8. The zero-order valence-electron chi connectivity index (χ0n) is 72.5. The van der Waals surface area contributed by atoms with Crippen LogP contribution in [0.3, 0.4) is 0 Å². The van der Waals surface area contributed by atoms with E-state index in [1.165, 1.54) is 0 Å². The van der Waals surface area contributed by atoms with Gasteiger partial charge in [0.15, 0.2) is 22.9 Å². The molecule has 8 aliphatic rings. The van der Waals surface area contributed by atoms with Gasteiger partial charge in [0.1, 0.15) is 11.6 Å². The lowest BCUT2D eigenvalue weighted by atomic mass is 9.89. The summed E-state index contributed by atoms with van der Waals surface area (Å²) in [5, 5.41) is 25.3. The van der Waals surface area contributed by atoms with Crippen LogP contribution in [-0.2, 0) is 73.8 Å². The van der Waals surface area contributed by atoms with Crippen LogP contribution in [0, 0.1) is 35.5 Å². The Bertz CT molecular complexity index is 4970. The van der Waals surface area contributed by atoms with Crippen LogP contribution < -0.4 is 41.9 Å². The van der Waals surface area contributed by atoms with Crippen molar-refractivity contribution < 1.29 is 55.3 Å². The highest BCUT2D eigenvalue weighted by atomic mass is 35.5. The molecule has 4 atom stereocenters. The Hall–Kier alpha value is -7.70. The maximum absolute atomic E-state index is 15.0. The maximum atomic E-state index is 15.0. The second kappa shape index (κ2) is 47.4. The number of anilines is 4. The number of alkyl halides is 2. The van der Waals surface area contributed by atoms with Crippen LogP contribution in [0.25, 0.3) is 44.5 Å². The minimum atomic E-state index is -3.36. The number of ketones is 4. The number of carbonyl (C=O) groups is 4. The summed E-state index contributed by atoms with van der Waals surface area (Å²) in [5.74, 6) is 1.84. The second-order valence-electron chi connectivity index (χ2n) is 35.1. The van der Waals surface area contributed by atoms with Gasteiger partial charge in [-0.25, -0.2) is 21.9 Å². The molecule has 4 aromatic carbocycles.